The molecule has 1 amide bonds. The van der Waals surface area contributed by atoms with Crippen molar-refractivity contribution in [2.75, 3.05) is 11.1 Å². The molecule has 186 valence electrons. The second kappa shape index (κ2) is 7.82. The number of nitrogens with one attached hydrogen (secondary N) is 1. The lowest BCUT2D eigenvalue weighted by Crippen LogP contribution is -2.31. The first-order valence-corrected chi connectivity index (χ1v) is 11.7. The van der Waals surface area contributed by atoms with Gasteiger partial charge in [-0.05, 0) is 43.5 Å². The van der Waals surface area contributed by atoms with Crippen molar-refractivity contribution in [3.8, 4) is 0 Å². The van der Waals surface area contributed by atoms with Crippen molar-refractivity contribution in [1.82, 2.24) is 24.5 Å². The van der Waals surface area contributed by atoms with E-state index in [-0.39, 0.29) is 22.9 Å². The highest BCUT2D eigenvalue weighted by Crippen LogP contribution is 2.48. The minimum absolute atomic E-state index is 0.0330. The Morgan fingerprint density at radius 3 is 2.49 bits per heavy atom. The second-order valence-electron chi connectivity index (χ2n) is 10.2. The van der Waals surface area contributed by atoms with Crippen molar-refractivity contribution in [2.24, 2.45) is 5.41 Å². The van der Waals surface area contributed by atoms with E-state index < -0.39 is 17.8 Å². The number of aromatic nitrogens is 4. The molecule has 0 radical (unpaired) electrons. The van der Waals surface area contributed by atoms with Crippen LogP contribution in [0.1, 0.15) is 80.7 Å². The number of hydrogen-bond acceptors (Lipinski definition) is 6. The Balaban J connectivity index is 1.55. The fourth-order valence-electron chi connectivity index (χ4n) is 4.62. The van der Waals surface area contributed by atoms with Crippen LogP contribution in [0.25, 0.3) is 5.78 Å². The van der Waals surface area contributed by atoms with Crippen molar-refractivity contribution >= 4 is 23.2 Å². The lowest BCUT2D eigenvalue weighted by Gasteiger charge is -2.20. The predicted molar refractivity (Wildman–Crippen MR) is 124 cm³/mol. The number of nitrogens with zero attached hydrogens (tertiary/aromatic N) is 5. The van der Waals surface area contributed by atoms with Crippen LogP contribution in [0.4, 0.5) is 24.7 Å². The molecule has 3 aromatic rings. The molecule has 3 N–H and O–H groups in total. The van der Waals surface area contributed by atoms with E-state index in [1.54, 1.807) is 6.92 Å². The van der Waals surface area contributed by atoms with Gasteiger partial charge in [0, 0.05) is 22.6 Å². The number of rotatable bonds is 5. The van der Waals surface area contributed by atoms with Crippen LogP contribution in [0.2, 0.25) is 0 Å². The van der Waals surface area contributed by atoms with E-state index in [4.69, 9.17) is 5.73 Å². The Morgan fingerprint density at radius 1 is 1.14 bits per heavy atom. The third kappa shape index (κ3) is 4.06. The van der Waals surface area contributed by atoms with Crippen LogP contribution in [0.15, 0.2) is 18.2 Å². The summed E-state index contributed by atoms with van der Waals surface area (Å²) in [7, 11) is 0. The van der Waals surface area contributed by atoms with Gasteiger partial charge in [-0.1, -0.05) is 20.8 Å². The van der Waals surface area contributed by atoms with Gasteiger partial charge < -0.3 is 16.0 Å². The van der Waals surface area contributed by atoms with E-state index in [2.05, 4.69) is 20.5 Å². The monoisotopic (exact) mass is 487 g/mol. The first-order valence-electron chi connectivity index (χ1n) is 11.7. The van der Waals surface area contributed by atoms with E-state index in [1.165, 1.54) is 6.07 Å². The molecule has 1 fully saturated rings. The Morgan fingerprint density at radius 2 is 1.86 bits per heavy atom. The van der Waals surface area contributed by atoms with Gasteiger partial charge in [-0.3, -0.25) is 9.20 Å². The van der Waals surface area contributed by atoms with Crippen molar-refractivity contribution in [1.29, 1.82) is 0 Å². The standard InChI is InChI=1S/C24H28F3N7O/c1-12(2)20-31-32-22-30-19(29-13(3)14-7-15(24(25,26)27)9-16(28)8-14)17-10-33(11-18(17)34(20)22)21(35)23(4)5-6-23/h7-9,12-13H,5-6,10-11,28H2,1-4H3,(H,29,30,32). The number of nitrogen functional groups attached to an aromatic ring is 1. The summed E-state index contributed by atoms with van der Waals surface area (Å²) in [6, 6.07) is 2.99. The van der Waals surface area contributed by atoms with Gasteiger partial charge in [0.05, 0.1) is 30.4 Å². The summed E-state index contributed by atoms with van der Waals surface area (Å²) < 4.78 is 41.9. The minimum Gasteiger partial charge on any atom is -0.399 e. The number of benzene rings is 1. The number of alkyl halides is 3. The molecule has 11 heteroatoms. The molecular weight excluding hydrogens is 459 g/mol. The van der Waals surface area contributed by atoms with Gasteiger partial charge in [0.1, 0.15) is 11.6 Å². The maximum atomic E-state index is 13.3. The highest BCUT2D eigenvalue weighted by Gasteiger charge is 2.48. The summed E-state index contributed by atoms with van der Waals surface area (Å²) in [5.74, 6) is 1.81. The highest BCUT2D eigenvalue weighted by atomic mass is 19.4. The number of carbonyl (C=O) groups is 1. The summed E-state index contributed by atoms with van der Waals surface area (Å²) in [6.07, 6.45) is -2.76. The molecule has 1 atom stereocenters. The van der Waals surface area contributed by atoms with Gasteiger partial charge in [-0.15, -0.1) is 10.2 Å². The van der Waals surface area contributed by atoms with Crippen LogP contribution in [0.5, 0.6) is 0 Å². The van der Waals surface area contributed by atoms with E-state index in [9.17, 15) is 18.0 Å². The number of amides is 1. The van der Waals surface area contributed by atoms with E-state index in [0.29, 0.717) is 30.2 Å². The smallest absolute Gasteiger partial charge is 0.399 e. The number of anilines is 2. The Labute approximate surface area is 200 Å². The first-order chi connectivity index (χ1) is 16.4. The molecule has 5 rings (SSSR count). The average Bonchev–Trinajstić information content (AvgIpc) is 3.19. The molecule has 8 nitrogen and oxygen atoms in total. The quantitative estimate of drug-likeness (QED) is 0.508. The van der Waals surface area contributed by atoms with Crippen molar-refractivity contribution in [2.45, 2.75) is 71.8 Å². The van der Waals surface area contributed by atoms with Crippen LogP contribution in [-0.4, -0.2) is 30.4 Å². The van der Waals surface area contributed by atoms with Crippen LogP contribution in [0.3, 0.4) is 0 Å². The zero-order valence-corrected chi connectivity index (χ0v) is 20.1. The van der Waals surface area contributed by atoms with Crippen LogP contribution in [-0.2, 0) is 24.1 Å². The molecule has 1 aromatic carbocycles. The Hall–Kier alpha value is -3.37. The number of hydrogen-bond donors (Lipinski definition) is 2. The molecule has 1 unspecified atom stereocenters. The maximum absolute atomic E-state index is 13.3. The lowest BCUT2D eigenvalue weighted by molar-refractivity contribution is -0.138. The summed E-state index contributed by atoms with van der Waals surface area (Å²) in [6.45, 7) is 8.52. The molecule has 3 heterocycles. The largest absolute Gasteiger partial charge is 0.416 e. The normalized spacial score (nSPS) is 17.7. The number of halogens is 3. The van der Waals surface area contributed by atoms with Crippen molar-refractivity contribution in [3.63, 3.8) is 0 Å². The van der Waals surface area contributed by atoms with Gasteiger partial charge in [0.25, 0.3) is 5.78 Å². The molecule has 0 bridgehead atoms. The molecule has 2 aromatic heterocycles. The minimum atomic E-state index is -4.50. The van der Waals surface area contributed by atoms with Gasteiger partial charge in [0.2, 0.25) is 5.91 Å². The van der Waals surface area contributed by atoms with E-state index in [1.807, 2.05) is 30.1 Å². The predicted octanol–water partition coefficient (Wildman–Crippen LogP) is 4.66. The fraction of sp³-hybridized carbons (Fsp3) is 0.500. The molecule has 35 heavy (non-hydrogen) atoms. The maximum Gasteiger partial charge on any atom is 0.416 e. The molecule has 0 spiro atoms. The Bertz CT molecular complexity index is 1330. The molecular formula is C24H28F3N7O. The number of fused-ring (bicyclic) bond motifs is 3. The summed E-state index contributed by atoms with van der Waals surface area (Å²) in [5, 5.41) is 11.8. The molecule has 1 aliphatic heterocycles. The Kier molecular flexibility index (Phi) is 5.22. The summed E-state index contributed by atoms with van der Waals surface area (Å²) >= 11 is 0. The first kappa shape index (κ1) is 23.4. The van der Waals surface area contributed by atoms with E-state index >= 15 is 0 Å². The van der Waals surface area contributed by atoms with Crippen LogP contribution < -0.4 is 11.1 Å². The number of carbonyl (C=O) groups excluding carboxylic acids is 1. The summed E-state index contributed by atoms with van der Waals surface area (Å²) in [4.78, 5) is 19.6. The fourth-order valence-corrected chi connectivity index (χ4v) is 4.62. The second-order valence-corrected chi connectivity index (χ2v) is 10.2. The third-order valence-corrected chi connectivity index (χ3v) is 6.95. The average molecular weight is 488 g/mol. The van der Waals surface area contributed by atoms with Gasteiger partial charge in [-0.2, -0.15) is 18.2 Å². The third-order valence-electron chi connectivity index (χ3n) is 6.95. The van der Waals surface area contributed by atoms with Crippen LogP contribution in [0, 0.1) is 5.41 Å². The van der Waals surface area contributed by atoms with Crippen LogP contribution >= 0.6 is 0 Å². The number of nitrogens with two attached hydrogens (primary N) is 1. The summed E-state index contributed by atoms with van der Waals surface area (Å²) in [5.41, 5.74) is 6.76. The molecule has 2 aliphatic rings. The van der Waals surface area contributed by atoms with Crippen molar-refractivity contribution < 1.29 is 18.0 Å². The van der Waals surface area contributed by atoms with E-state index in [0.717, 1.165) is 42.1 Å². The zero-order chi connectivity index (χ0) is 25.3. The van der Waals surface area contributed by atoms with Crippen molar-refractivity contribution in [3.05, 3.63) is 46.4 Å². The topological polar surface area (TPSA) is 101 Å². The molecule has 1 saturated carbocycles. The highest BCUT2D eigenvalue weighted by molar-refractivity contribution is 5.85. The lowest BCUT2D eigenvalue weighted by atomic mass is 10.0. The SMILES string of the molecule is CC(C)c1nnc2nc(NC(C)c3cc(N)cc(C(F)(F)F)c3)c3c(n12)CN(C(=O)C1(C)CC1)C3. The van der Waals surface area contributed by atoms with Gasteiger partial charge in [-0.25, -0.2) is 0 Å². The van der Waals surface area contributed by atoms with Gasteiger partial charge >= 0.3 is 6.18 Å². The molecule has 1 aliphatic carbocycles. The van der Waals surface area contributed by atoms with Gasteiger partial charge in [0.15, 0.2) is 0 Å². The molecule has 0 saturated heterocycles. The zero-order valence-electron chi connectivity index (χ0n) is 20.1.